The molecule has 5 rings (SSSR count). The van der Waals surface area contributed by atoms with Crippen molar-refractivity contribution in [1.29, 1.82) is 0 Å². The molecular formula is C25H31N3O5. The fourth-order valence-corrected chi connectivity index (χ4v) is 5.30. The van der Waals surface area contributed by atoms with Crippen LogP contribution in [0.3, 0.4) is 0 Å². The van der Waals surface area contributed by atoms with E-state index in [1.165, 1.54) is 4.90 Å². The van der Waals surface area contributed by atoms with Gasteiger partial charge in [-0.1, -0.05) is 12.8 Å². The largest absolute Gasteiger partial charge is 0.497 e. The average Bonchev–Trinajstić information content (AvgIpc) is 3.49. The molecule has 3 aliphatic rings. The third-order valence-corrected chi connectivity index (χ3v) is 7.15. The number of urea groups is 1. The lowest BCUT2D eigenvalue weighted by Gasteiger charge is -2.47. The first kappa shape index (κ1) is 21.9. The topological polar surface area (TPSA) is 85.1 Å². The van der Waals surface area contributed by atoms with Crippen LogP contribution in [0.1, 0.15) is 50.0 Å². The third-order valence-electron chi connectivity index (χ3n) is 7.15. The number of amides is 3. The normalized spacial score (nSPS) is 25.5. The maximum atomic E-state index is 13.5. The van der Waals surface area contributed by atoms with E-state index in [-0.39, 0.29) is 30.0 Å². The number of fused-ring (bicyclic) bond motifs is 1. The van der Waals surface area contributed by atoms with Gasteiger partial charge in [0, 0.05) is 18.2 Å². The molecule has 2 saturated heterocycles. The van der Waals surface area contributed by atoms with Gasteiger partial charge in [0.1, 0.15) is 17.2 Å². The van der Waals surface area contributed by atoms with E-state index >= 15 is 0 Å². The van der Waals surface area contributed by atoms with Crippen molar-refractivity contribution in [1.82, 2.24) is 14.8 Å². The van der Waals surface area contributed by atoms with E-state index in [2.05, 4.69) is 0 Å². The maximum Gasteiger partial charge on any atom is 0.327 e. The lowest BCUT2D eigenvalue weighted by atomic mass is 9.81. The van der Waals surface area contributed by atoms with Crippen molar-refractivity contribution in [2.75, 3.05) is 20.3 Å². The van der Waals surface area contributed by atoms with Crippen molar-refractivity contribution in [2.24, 2.45) is 5.92 Å². The van der Waals surface area contributed by atoms with Crippen LogP contribution in [0.15, 0.2) is 28.7 Å². The Morgan fingerprint density at radius 1 is 1.09 bits per heavy atom. The van der Waals surface area contributed by atoms with Crippen molar-refractivity contribution in [2.45, 2.75) is 64.1 Å². The minimum atomic E-state index is -0.230. The molecule has 0 spiro atoms. The van der Waals surface area contributed by atoms with E-state index in [9.17, 15) is 9.59 Å². The quantitative estimate of drug-likeness (QED) is 0.653. The zero-order valence-corrected chi connectivity index (χ0v) is 19.3. The molecule has 0 bridgehead atoms. The molecule has 1 aromatic heterocycles. The number of hydrogen-bond acceptors (Lipinski definition) is 6. The van der Waals surface area contributed by atoms with E-state index in [4.69, 9.17) is 18.9 Å². The number of methoxy groups -OCH3 is 1. The van der Waals surface area contributed by atoms with Gasteiger partial charge in [-0.25, -0.2) is 9.78 Å². The summed E-state index contributed by atoms with van der Waals surface area (Å²) in [6.45, 7) is 3.24. The highest BCUT2D eigenvalue weighted by Crippen LogP contribution is 2.36. The number of oxazole rings is 1. The molecule has 33 heavy (non-hydrogen) atoms. The molecule has 3 amide bonds. The molecule has 1 aliphatic carbocycles. The first-order valence-corrected chi connectivity index (χ1v) is 11.9. The molecular weight excluding hydrogens is 422 g/mol. The van der Waals surface area contributed by atoms with Gasteiger partial charge in [-0.05, 0) is 56.9 Å². The molecule has 8 heteroatoms. The van der Waals surface area contributed by atoms with Crippen LogP contribution in [0.25, 0.3) is 11.5 Å². The Kier molecular flexibility index (Phi) is 6.10. The van der Waals surface area contributed by atoms with Gasteiger partial charge in [0.05, 0.1) is 32.2 Å². The van der Waals surface area contributed by atoms with Crippen molar-refractivity contribution < 1.29 is 23.5 Å². The Balaban J connectivity index is 1.40. The van der Waals surface area contributed by atoms with Crippen molar-refractivity contribution in [3.8, 4) is 17.2 Å². The molecule has 8 nitrogen and oxygen atoms in total. The summed E-state index contributed by atoms with van der Waals surface area (Å²) in [5.74, 6) is 1.78. The number of carbonyl (C=O) groups excluding carboxylic acids is 2. The fraction of sp³-hybridized carbons (Fsp3) is 0.560. The number of benzene rings is 1. The van der Waals surface area contributed by atoms with Gasteiger partial charge in [0.15, 0.2) is 0 Å². The molecule has 3 fully saturated rings. The summed E-state index contributed by atoms with van der Waals surface area (Å²) in [5.41, 5.74) is 1.57. The van der Waals surface area contributed by atoms with Crippen LogP contribution < -0.4 is 4.74 Å². The molecule has 3 atom stereocenters. The second-order valence-electron chi connectivity index (χ2n) is 9.20. The summed E-state index contributed by atoms with van der Waals surface area (Å²) in [5, 5.41) is 0. The number of imide groups is 1. The summed E-state index contributed by atoms with van der Waals surface area (Å²) < 4.78 is 16.9. The van der Waals surface area contributed by atoms with Gasteiger partial charge >= 0.3 is 6.03 Å². The molecule has 176 valence electrons. The number of rotatable bonds is 6. The zero-order chi connectivity index (χ0) is 22.9. The second-order valence-corrected chi connectivity index (χ2v) is 9.20. The fourth-order valence-electron chi connectivity index (χ4n) is 5.30. The third kappa shape index (κ3) is 4.24. The van der Waals surface area contributed by atoms with Crippen LogP contribution in [0.2, 0.25) is 0 Å². The SMILES string of the molecule is COc1ccc(-c2nc(CN3C(=O)N(CC4CCCO4)C(=O)C4CCCCC43)c(C)o2)cc1. The van der Waals surface area contributed by atoms with Gasteiger partial charge in [0.25, 0.3) is 0 Å². The zero-order valence-electron chi connectivity index (χ0n) is 19.3. The summed E-state index contributed by atoms with van der Waals surface area (Å²) in [6.07, 6.45) is 5.52. The van der Waals surface area contributed by atoms with Crippen LogP contribution in [0.5, 0.6) is 5.75 Å². The van der Waals surface area contributed by atoms with E-state index in [1.807, 2.05) is 36.1 Å². The standard InChI is InChI=1S/C25H31N3O5/c1-16-21(26-23(33-16)17-9-11-18(31-2)12-10-17)15-27-22-8-4-3-7-20(22)24(29)28(25(27)30)14-19-6-5-13-32-19/h9-12,19-20,22H,3-8,13-15H2,1-2H3. The van der Waals surface area contributed by atoms with Gasteiger partial charge in [-0.3, -0.25) is 9.69 Å². The van der Waals surface area contributed by atoms with Gasteiger partial charge in [0.2, 0.25) is 11.8 Å². The molecule has 0 radical (unpaired) electrons. The average molecular weight is 454 g/mol. The lowest BCUT2D eigenvalue weighted by molar-refractivity contribution is -0.142. The van der Waals surface area contributed by atoms with E-state index in [0.29, 0.717) is 31.3 Å². The van der Waals surface area contributed by atoms with Crippen LogP contribution in [0.4, 0.5) is 4.79 Å². The number of carbonyl (C=O) groups is 2. The van der Waals surface area contributed by atoms with E-state index in [0.717, 1.165) is 55.5 Å². The first-order valence-electron chi connectivity index (χ1n) is 11.9. The Bertz CT molecular complexity index is 1010. The highest BCUT2D eigenvalue weighted by Gasteiger charge is 2.47. The monoisotopic (exact) mass is 453 g/mol. The molecule has 0 N–H and O–H groups in total. The minimum absolute atomic E-state index is 0.0350. The van der Waals surface area contributed by atoms with Crippen LogP contribution in [-0.2, 0) is 16.1 Å². The first-order chi connectivity index (χ1) is 16.0. The number of hydrogen-bond donors (Lipinski definition) is 0. The maximum absolute atomic E-state index is 13.5. The second kappa shape index (κ2) is 9.17. The summed E-state index contributed by atoms with van der Waals surface area (Å²) in [7, 11) is 1.63. The highest BCUT2D eigenvalue weighted by atomic mass is 16.5. The smallest absolute Gasteiger partial charge is 0.327 e. The van der Waals surface area contributed by atoms with Crippen LogP contribution >= 0.6 is 0 Å². The predicted molar refractivity (Wildman–Crippen MR) is 121 cm³/mol. The highest BCUT2D eigenvalue weighted by molar-refractivity contribution is 5.98. The van der Waals surface area contributed by atoms with Crippen molar-refractivity contribution >= 4 is 11.9 Å². The molecule has 3 heterocycles. The Morgan fingerprint density at radius 2 is 1.88 bits per heavy atom. The minimum Gasteiger partial charge on any atom is -0.497 e. The van der Waals surface area contributed by atoms with E-state index in [1.54, 1.807) is 7.11 Å². The van der Waals surface area contributed by atoms with Crippen LogP contribution in [-0.4, -0.2) is 59.1 Å². The molecule has 3 unspecified atom stereocenters. The summed E-state index contributed by atoms with van der Waals surface area (Å²) in [4.78, 5) is 34.8. The summed E-state index contributed by atoms with van der Waals surface area (Å²) >= 11 is 0. The van der Waals surface area contributed by atoms with E-state index < -0.39 is 0 Å². The van der Waals surface area contributed by atoms with Crippen LogP contribution in [0, 0.1) is 12.8 Å². The van der Waals surface area contributed by atoms with Crippen molar-refractivity contribution in [3.05, 3.63) is 35.7 Å². The Morgan fingerprint density at radius 3 is 2.61 bits per heavy atom. The Labute approximate surface area is 193 Å². The number of nitrogens with zero attached hydrogens (tertiary/aromatic N) is 3. The number of ether oxygens (including phenoxy) is 2. The van der Waals surface area contributed by atoms with Gasteiger partial charge < -0.3 is 18.8 Å². The van der Waals surface area contributed by atoms with Gasteiger partial charge in [-0.2, -0.15) is 0 Å². The number of aryl methyl sites for hydroxylation is 1. The molecule has 1 aromatic carbocycles. The molecule has 2 aromatic rings. The Hall–Kier alpha value is -2.87. The van der Waals surface area contributed by atoms with Gasteiger partial charge in [-0.15, -0.1) is 0 Å². The number of aromatic nitrogens is 1. The molecule has 1 saturated carbocycles. The molecule has 2 aliphatic heterocycles. The summed E-state index contributed by atoms with van der Waals surface area (Å²) in [6, 6.07) is 7.22. The van der Waals surface area contributed by atoms with Crippen molar-refractivity contribution in [3.63, 3.8) is 0 Å². The lowest BCUT2D eigenvalue weighted by Crippen LogP contribution is -2.63. The predicted octanol–water partition coefficient (Wildman–Crippen LogP) is 4.16.